The summed E-state index contributed by atoms with van der Waals surface area (Å²) in [5.74, 6) is -0.116. The summed E-state index contributed by atoms with van der Waals surface area (Å²) in [4.78, 5) is 12.1. The first kappa shape index (κ1) is 13.5. The third-order valence-electron chi connectivity index (χ3n) is 3.33. The van der Waals surface area contributed by atoms with Gasteiger partial charge in [0.2, 0.25) is 0 Å². The summed E-state index contributed by atoms with van der Waals surface area (Å²) in [6.07, 6.45) is 0.796. The standard InChI is InChI=1S/C17H17FO/c1-12-4-3-5-13(2)17(12)11-16(19)10-14-6-8-15(18)9-7-14/h3-9H,10-11H2,1-2H3. The Morgan fingerprint density at radius 3 is 2.11 bits per heavy atom. The number of rotatable bonds is 4. The molecule has 0 unspecified atom stereocenters. The molecular weight excluding hydrogens is 239 g/mol. The maximum absolute atomic E-state index is 12.8. The fourth-order valence-electron chi connectivity index (χ4n) is 2.22. The smallest absolute Gasteiger partial charge is 0.141 e. The van der Waals surface area contributed by atoms with Crippen molar-refractivity contribution in [2.45, 2.75) is 26.7 Å². The normalized spacial score (nSPS) is 10.5. The topological polar surface area (TPSA) is 17.1 Å². The molecule has 0 atom stereocenters. The summed E-state index contributed by atoms with van der Waals surface area (Å²) in [5, 5.41) is 0. The Hall–Kier alpha value is -1.96. The monoisotopic (exact) mass is 256 g/mol. The summed E-state index contributed by atoms with van der Waals surface area (Å²) in [6, 6.07) is 12.2. The van der Waals surface area contributed by atoms with Gasteiger partial charge in [0.05, 0.1) is 0 Å². The molecule has 0 radical (unpaired) electrons. The Morgan fingerprint density at radius 1 is 0.947 bits per heavy atom. The number of aryl methyl sites for hydroxylation is 2. The van der Waals surface area contributed by atoms with Gasteiger partial charge in [-0.15, -0.1) is 0 Å². The minimum Gasteiger partial charge on any atom is -0.299 e. The van der Waals surface area contributed by atoms with Crippen LogP contribution in [0.15, 0.2) is 42.5 Å². The summed E-state index contributed by atoms with van der Waals surface area (Å²) in [6.45, 7) is 4.04. The molecule has 0 bridgehead atoms. The minimum atomic E-state index is -0.272. The molecule has 0 amide bonds. The number of halogens is 1. The molecule has 2 rings (SSSR count). The second kappa shape index (κ2) is 5.79. The molecule has 0 aliphatic rings. The molecule has 0 spiro atoms. The van der Waals surface area contributed by atoms with Crippen LogP contribution in [0.25, 0.3) is 0 Å². The number of carbonyl (C=O) groups is 1. The van der Waals surface area contributed by atoms with Crippen LogP contribution in [0.4, 0.5) is 4.39 Å². The van der Waals surface area contributed by atoms with E-state index in [1.165, 1.54) is 12.1 Å². The molecule has 0 aromatic heterocycles. The van der Waals surface area contributed by atoms with Crippen molar-refractivity contribution < 1.29 is 9.18 Å². The highest BCUT2D eigenvalue weighted by atomic mass is 19.1. The number of benzene rings is 2. The molecule has 98 valence electrons. The molecule has 1 nitrogen and oxygen atoms in total. The lowest BCUT2D eigenvalue weighted by atomic mass is 9.96. The number of hydrogen-bond acceptors (Lipinski definition) is 1. The molecule has 0 saturated heterocycles. The molecule has 0 aliphatic carbocycles. The minimum absolute atomic E-state index is 0.156. The highest BCUT2D eigenvalue weighted by molar-refractivity contribution is 5.83. The maximum atomic E-state index is 12.8. The SMILES string of the molecule is Cc1cccc(C)c1CC(=O)Cc1ccc(F)cc1. The molecule has 2 heteroatoms. The van der Waals surface area contributed by atoms with Gasteiger partial charge in [-0.25, -0.2) is 4.39 Å². The summed E-state index contributed by atoms with van der Waals surface area (Å²) >= 11 is 0. The largest absolute Gasteiger partial charge is 0.299 e. The average molecular weight is 256 g/mol. The summed E-state index contributed by atoms with van der Waals surface area (Å²) in [5.41, 5.74) is 4.26. The average Bonchev–Trinajstić information content (AvgIpc) is 2.37. The fourth-order valence-corrected chi connectivity index (χ4v) is 2.22. The fraction of sp³-hybridized carbons (Fsp3) is 0.235. The predicted molar refractivity (Wildman–Crippen MR) is 74.7 cm³/mol. The zero-order valence-electron chi connectivity index (χ0n) is 11.2. The van der Waals surface area contributed by atoms with Crippen molar-refractivity contribution in [2.24, 2.45) is 0 Å². The zero-order chi connectivity index (χ0) is 13.8. The van der Waals surface area contributed by atoms with E-state index in [4.69, 9.17) is 0 Å². The van der Waals surface area contributed by atoms with Gasteiger partial charge in [0.15, 0.2) is 0 Å². The lowest BCUT2D eigenvalue weighted by molar-refractivity contribution is -0.117. The molecule has 2 aromatic carbocycles. The van der Waals surface area contributed by atoms with Crippen molar-refractivity contribution in [1.82, 2.24) is 0 Å². The second-order valence-electron chi connectivity index (χ2n) is 4.89. The molecule has 0 heterocycles. The van der Waals surface area contributed by atoms with Crippen LogP contribution in [-0.4, -0.2) is 5.78 Å². The summed E-state index contributed by atoms with van der Waals surface area (Å²) < 4.78 is 12.8. The zero-order valence-corrected chi connectivity index (χ0v) is 11.2. The van der Waals surface area contributed by atoms with Crippen molar-refractivity contribution >= 4 is 5.78 Å². The third-order valence-corrected chi connectivity index (χ3v) is 3.33. The van der Waals surface area contributed by atoms with Crippen molar-refractivity contribution in [1.29, 1.82) is 0 Å². The van der Waals surface area contributed by atoms with E-state index in [-0.39, 0.29) is 11.6 Å². The highest BCUT2D eigenvalue weighted by Crippen LogP contribution is 2.15. The molecule has 2 aromatic rings. The van der Waals surface area contributed by atoms with Gasteiger partial charge < -0.3 is 0 Å². The van der Waals surface area contributed by atoms with E-state index in [1.54, 1.807) is 12.1 Å². The van der Waals surface area contributed by atoms with Crippen LogP contribution >= 0.6 is 0 Å². The Kier molecular flexibility index (Phi) is 4.10. The first-order chi connectivity index (χ1) is 9.06. The highest BCUT2D eigenvalue weighted by Gasteiger charge is 2.09. The molecule has 0 saturated carbocycles. The lowest BCUT2D eigenvalue weighted by Crippen LogP contribution is -2.09. The Morgan fingerprint density at radius 2 is 1.53 bits per heavy atom. The van der Waals surface area contributed by atoms with E-state index < -0.39 is 0 Å². The molecule has 0 N–H and O–H groups in total. The van der Waals surface area contributed by atoms with Crippen LogP contribution in [0.5, 0.6) is 0 Å². The molecular formula is C17H17FO. The van der Waals surface area contributed by atoms with E-state index in [1.807, 2.05) is 32.0 Å². The number of Topliss-reactive ketones (excluding diaryl/α,β-unsaturated/α-hetero) is 1. The Balaban J connectivity index is 2.07. The van der Waals surface area contributed by atoms with Gasteiger partial charge in [-0.3, -0.25) is 4.79 Å². The maximum Gasteiger partial charge on any atom is 0.141 e. The third kappa shape index (κ3) is 3.50. The van der Waals surface area contributed by atoms with E-state index in [0.717, 1.165) is 22.3 Å². The van der Waals surface area contributed by atoms with Gasteiger partial charge in [0.1, 0.15) is 11.6 Å². The number of carbonyl (C=O) groups excluding carboxylic acids is 1. The molecule has 0 fully saturated rings. The van der Waals surface area contributed by atoms with E-state index >= 15 is 0 Å². The van der Waals surface area contributed by atoms with Crippen LogP contribution in [0, 0.1) is 19.7 Å². The Labute approximate surface area is 113 Å². The first-order valence-electron chi connectivity index (χ1n) is 6.37. The van der Waals surface area contributed by atoms with Crippen LogP contribution in [0.1, 0.15) is 22.3 Å². The van der Waals surface area contributed by atoms with E-state index in [0.29, 0.717) is 12.8 Å². The second-order valence-corrected chi connectivity index (χ2v) is 4.89. The van der Waals surface area contributed by atoms with Crippen molar-refractivity contribution in [2.75, 3.05) is 0 Å². The molecule has 0 aliphatic heterocycles. The van der Waals surface area contributed by atoms with Crippen molar-refractivity contribution in [3.63, 3.8) is 0 Å². The van der Waals surface area contributed by atoms with E-state index in [9.17, 15) is 9.18 Å². The number of ketones is 1. The van der Waals surface area contributed by atoms with Crippen LogP contribution in [0.3, 0.4) is 0 Å². The van der Waals surface area contributed by atoms with E-state index in [2.05, 4.69) is 0 Å². The van der Waals surface area contributed by atoms with Gasteiger partial charge in [-0.1, -0.05) is 30.3 Å². The number of hydrogen-bond donors (Lipinski definition) is 0. The van der Waals surface area contributed by atoms with Gasteiger partial charge in [0.25, 0.3) is 0 Å². The predicted octanol–water partition coefficient (Wildman–Crippen LogP) is 3.80. The Bertz CT molecular complexity index is 564. The van der Waals surface area contributed by atoms with Crippen LogP contribution < -0.4 is 0 Å². The lowest BCUT2D eigenvalue weighted by Gasteiger charge is -2.09. The first-order valence-corrected chi connectivity index (χ1v) is 6.37. The quantitative estimate of drug-likeness (QED) is 0.813. The molecule has 19 heavy (non-hydrogen) atoms. The van der Waals surface area contributed by atoms with Gasteiger partial charge in [-0.2, -0.15) is 0 Å². The van der Waals surface area contributed by atoms with Crippen molar-refractivity contribution in [3.05, 3.63) is 70.5 Å². The van der Waals surface area contributed by atoms with Gasteiger partial charge >= 0.3 is 0 Å². The van der Waals surface area contributed by atoms with Crippen LogP contribution in [0.2, 0.25) is 0 Å². The van der Waals surface area contributed by atoms with Crippen LogP contribution in [-0.2, 0) is 17.6 Å². The summed E-state index contributed by atoms with van der Waals surface area (Å²) in [7, 11) is 0. The van der Waals surface area contributed by atoms with Gasteiger partial charge in [-0.05, 0) is 48.2 Å². The van der Waals surface area contributed by atoms with Gasteiger partial charge in [0, 0.05) is 12.8 Å². The van der Waals surface area contributed by atoms with Crippen molar-refractivity contribution in [3.8, 4) is 0 Å².